The van der Waals surface area contributed by atoms with Crippen LogP contribution in [0.5, 0.6) is 0 Å². The number of rotatable bonds is 3. The van der Waals surface area contributed by atoms with E-state index < -0.39 is 11.7 Å². The maximum absolute atomic E-state index is 12.9. The van der Waals surface area contributed by atoms with Crippen LogP contribution >= 0.6 is 15.9 Å². The minimum Gasteiger partial charge on any atom is -0.278 e. The number of halogens is 4. The van der Waals surface area contributed by atoms with Crippen LogP contribution in [0.1, 0.15) is 18.1 Å². The fourth-order valence-electron chi connectivity index (χ4n) is 1.75. The van der Waals surface area contributed by atoms with Crippen molar-refractivity contribution in [1.29, 1.82) is 0 Å². The summed E-state index contributed by atoms with van der Waals surface area (Å²) in [6, 6.07) is 12.6. The average molecular weight is 357 g/mol. The Morgan fingerprint density at radius 3 is 2.48 bits per heavy atom. The van der Waals surface area contributed by atoms with Gasteiger partial charge in [-0.25, -0.2) is 0 Å². The second-order valence-electron chi connectivity index (χ2n) is 4.36. The van der Waals surface area contributed by atoms with E-state index in [1.807, 2.05) is 24.3 Å². The van der Waals surface area contributed by atoms with E-state index in [1.54, 1.807) is 6.92 Å². The molecule has 0 saturated carbocycles. The number of para-hydroxylation sites is 1. The van der Waals surface area contributed by atoms with Gasteiger partial charge in [0.1, 0.15) is 0 Å². The van der Waals surface area contributed by atoms with E-state index in [9.17, 15) is 13.2 Å². The minimum absolute atomic E-state index is 0.0700. The molecule has 0 bridgehead atoms. The van der Waals surface area contributed by atoms with Gasteiger partial charge in [-0.3, -0.25) is 5.43 Å². The molecule has 0 aliphatic heterocycles. The molecule has 2 nitrogen and oxygen atoms in total. The van der Waals surface area contributed by atoms with Crippen LogP contribution in [0.15, 0.2) is 58.1 Å². The molecule has 2 aromatic carbocycles. The number of anilines is 1. The lowest BCUT2D eigenvalue weighted by atomic mass is 10.1. The molecule has 2 aromatic rings. The molecule has 110 valence electrons. The fraction of sp³-hybridized carbons (Fsp3) is 0.133. The summed E-state index contributed by atoms with van der Waals surface area (Å²) in [5.41, 5.74) is 3.09. The van der Waals surface area contributed by atoms with E-state index in [0.717, 1.165) is 16.1 Å². The van der Waals surface area contributed by atoms with Gasteiger partial charge in [0.15, 0.2) is 0 Å². The van der Waals surface area contributed by atoms with Crippen molar-refractivity contribution >= 4 is 27.3 Å². The van der Waals surface area contributed by atoms with Gasteiger partial charge in [-0.1, -0.05) is 40.2 Å². The summed E-state index contributed by atoms with van der Waals surface area (Å²) in [6.07, 6.45) is -4.41. The molecule has 0 aromatic heterocycles. The van der Waals surface area contributed by atoms with Crippen molar-refractivity contribution < 1.29 is 13.2 Å². The van der Waals surface area contributed by atoms with Crippen LogP contribution in [-0.4, -0.2) is 5.71 Å². The summed E-state index contributed by atoms with van der Waals surface area (Å²) in [5, 5.41) is 4.03. The molecule has 0 heterocycles. The zero-order valence-corrected chi connectivity index (χ0v) is 12.7. The van der Waals surface area contributed by atoms with E-state index in [1.165, 1.54) is 18.2 Å². The molecule has 0 radical (unpaired) electrons. The van der Waals surface area contributed by atoms with E-state index in [2.05, 4.69) is 26.5 Å². The lowest BCUT2D eigenvalue weighted by Crippen LogP contribution is -2.09. The third kappa shape index (κ3) is 4.07. The molecule has 0 atom stereocenters. The molecular formula is C15H12BrF3N2. The largest absolute Gasteiger partial charge is 0.418 e. The number of alkyl halides is 3. The van der Waals surface area contributed by atoms with Crippen LogP contribution < -0.4 is 5.43 Å². The highest BCUT2D eigenvalue weighted by atomic mass is 79.9. The summed E-state index contributed by atoms with van der Waals surface area (Å²) < 4.78 is 39.4. The Morgan fingerprint density at radius 1 is 1.10 bits per heavy atom. The number of benzene rings is 2. The SMILES string of the molecule is C/C(=N\Nc1ccccc1C(F)(F)F)c1cccc(Br)c1. The minimum atomic E-state index is -4.41. The molecule has 0 fully saturated rings. The predicted molar refractivity (Wildman–Crippen MR) is 81.4 cm³/mol. The van der Waals surface area contributed by atoms with Crippen molar-refractivity contribution in [3.8, 4) is 0 Å². The molecule has 6 heteroatoms. The lowest BCUT2D eigenvalue weighted by Gasteiger charge is -2.12. The van der Waals surface area contributed by atoms with Gasteiger partial charge in [-0.05, 0) is 36.8 Å². The standard InChI is InChI=1S/C15H12BrF3N2/c1-10(11-5-4-6-12(16)9-11)20-21-14-8-3-2-7-13(14)15(17,18)19/h2-9,21H,1H3/b20-10+. The summed E-state index contributed by atoms with van der Waals surface area (Å²) in [4.78, 5) is 0. The predicted octanol–water partition coefficient (Wildman–Crippen LogP) is 5.30. The molecule has 1 N–H and O–H groups in total. The second kappa shape index (κ2) is 6.30. The van der Waals surface area contributed by atoms with Crippen LogP contribution in [-0.2, 0) is 6.18 Å². The van der Waals surface area contributed by atoms with Crippen molar-refractivity contribution in [2.75, 3.05) is 5.43 Å². The monoisotopic (exact) mass is 356 g/mol. The molecule has 0 spiro atoms. The fourth-order valence-corrected chi connectivity index (χ4v) is 2.15. The number of hydrazone groups is 1. The highest BCUT2D eigenvalue weighted by molar-refractivity contribution is 9.10. The zero-order chi connectivity index (χ0) is 15.5. The van der Waals surface area contributed by atoms with Gasteiger partial charge in [0.25, 0.3) is 0 Å². The first kappa shape index (κ1) is 15.6. The Morgan fingerprint density at radius 2 is 1.81 bits per heavy atom. The van der Waals surface area contributed by atoms with Crippen LogP contribution in [0.25, 0.3) is 0 Å². The Balaban J connectivity index is 2.25. The quantitative estimate of drug-likeness (QED) is 0.585. The van der Waals surface area contributed by atoms with Gasteiger partial charge in [0, 0.05) is 4.47 Å². The molecule has 2 rings (SSSR count). The maximum Gasteiger partial charge on any atom is 0.418 e. The maximum atomic E-state index is 12.9. The van der Waals surface area contributed by atoms with Crippen molar-refractivity contribution in [2.45, 2.75) is 13.1 Å². The Hall–Kier alpha value is -1.82. The Kier molecular flexibility index (Phi) is 4.67. The van der Waals surface area contributed by atoms with Crippen molar-refractivity contribution in [3.05, 3.63) is 64.1 Å². The van der Waals surface area contributed by atoms with Gasteiger partial charge in [-0.2, -0.15) is 18.3 Å². The number of nitrogens with one attached hydrogen (secondary N) is 1. The highest BCUT2D eigenvalue weighted by Crippen LogP contribution is 2.34. The van der Waals surface area contributed by atoms with E-state index >= 15 is 0 Å². The van der Waals surface area contributed by atoms with E-state index in [0.29, 0.717) is 5.71 Å². The molecule has 21 heavy (non-hydrogen) atoms. The van der Waals surface area contributed by atoms with Crippen molar-refractivity contribution in [1.82, 2.24) is 0 Å². The van der Waals surface area contributed by atoms with Gasteiger partial charge >= 0.3 is 6.18 Å². The van der Waals surface area contributed by atoms with E-state index in [4.69, 9.17) is 0 Å². The smallest absolute Gasteiger partial charge is 0.278 e. The van der Waals surface area contributed by atoms with Gasteiger partial charge in [0.2, 0.25) is 0 Å². The van der Waals surface area contributed by atoms with Crippen molar-refractivity contribution in [2.24, 2.45) is 5.10 Å². The summed E-state index contributed by atoms with van der Waals surface area (Å²) >= 11 is 3.34. The van der Waals surface area contributed by atoms with Crippen LogP contribution in [0.3, 0.4) is 0 Å². The number of hydrogen-bond acceptors (Lipinski definition) is 2. The normalized spacial score (nSPS) is 12.3. The Labute approximate surface area is 128 Å². The first-order valence-corrected chi connectivity index (χ1v) is 6.89. The molecular weight excluding hydrogens is 345 g/mol. The highest BCUT2D eigenvalue weighted by Gasteiger charge is 2.33. The van der Waals surface area contributed by atoms with Crippen LogP contribution in [0.2, 0.25) is 0 Å². The zero-order valence-electron chi connectivity index (χ0n) is 11.1. The molecule has 0 amide bonds. The number of nitrogens with zero attached hydrogens (tertiary/aromatic N) is 1. The second-order valence-corrected chi connectivity index (χ2v) is 5.28. The average Bonchev–Trinajstić information content (AvgIpc) is 2.44. The Bertz CT molecular complexity index is 666. The molecule has 0 aliphatic carbocycles. The van der Waals surface area contributed by atoms with Crippen molar-refractivity contribution in [3.63, 3.8) is 0 Å². The summed E-state index contributed by atoms with van der Waals surface area (Å²) in [5.74, 6) is 0. The van der Waals surface area contributed by atoms with Gasteiger partial charge < -0.3 is 0 Å². The van der Waals surface area contributed by atoms with Gasteiger partial charge in [-0.15, -0.1) is 0 Å². The first-order valence-electron chi connectivity index (χ1n) is 6.10. The molecule has 0 saturated heterocycles. The van der Waals surface area contributed by atoms with Gasteiger partial charge in [0.05, 0.1) is 17.0 Å². The summed E-state index contributed by atoms with van der Waals surface area (Å²) in [7, 11) is 0. The third-order valence-electron chi connectivity index (χ3n) is 2.82. The topological polar surface area (TPSA) is 24.4 Å². The van der Waals surface area contributed by atoms with Crippen LogP contribution in [0.4, 0.5) is 18.9 Å². The van der Waals surface area contributed by atoms with Crippen LogP contribution in [0, 0.1) is 0 Å². The molecule has 0 aliphatic rings. The van der Waals surface area contributed by atoms with E-state index in [-0.39, 0.29) is 5.69 Å². The first-order chi connectivity index (χ1) is 9.88. The number of hydrogen-bond donors (Lipinski definition) is 1. The molecule has 0 unspecified atom stereocenters. The lowest BCUT2D eigenvalue weighted by molar-refractivity contribution is -0.136. The third-order valence-corrected chi connectivity index (χ3v) is 3.31. The summed E-state index contributed by atoms with van der Waals surface area (Å²) in [6.45, 7) is 1.73.